The van der Waals surface area contributed by atoms with E-state index in [-0.39, 0.29) is 5.91 Å². The first-order valence-electron chi connectivity index (χ1n) is 5.74. The van der Waals surface area contributed by atoms with E-state index in [2.05, 4.69) is 25.8 Å². The lowest BCUT2D eigenvalue weighted by Gasteiger charge is -2.04. The van der Waals surface area contributed by atoms with E-state index in [1.54, 1.807) is 30.2 Å². The summed E-state index contributed by atoms with van der Waals surface area (Å²) in [6.45, 7) is 0.472. The van der Waals surface area contributed by atoms with Gasteiger partial charge in [-0.05, 0) is 12.1 Å². The molecule has 0 bridgehead atoms. The lowest BCUT2D eigenvalue weighted by molar-refractivity contribution is 0.0953. The number of nitrogens with zero attached hydrogens (tertiary/aromatic N) is 4. The van der Waals surface area contributed by atoms with Crippen molar-refractivity contribution < 1.29 is 4.79 Å². The number of aromatic nitrogens is 4. The van der Waals surface area contributed by atoms with Gasteiger partial charge in [-0.3, -0.25) is 9.48 Å². The van der Waals surface area contributed by atoms with Crippen LogP contribution in [0.3, 0.4) is 0 Å². The van der Waals surface area contributed by atoms with Crippen LogP contribution in [0.4, 0.5) is 5.82 Å². The summed E-state index contributed by atoms with van der Waals surface area (Å²) < 4.78 is 1.62. The number of nitrogen functional groups attached to an aromatic ring is 1. The molecule has 0 unspecified atom stereocenters. The van der Waals surface area contributed by atoms with E-state index in [0.717, 1.165) is 0 Å². The fourth-order valence-electron chi connectivity index (χ4n) is 1.50. The molecule has 0 saturated carbocycles. The molecule has 2 aromatic heterocycles. The number of nitrogens with two attached hydrogens (primary N) is 1. The third-order valence-electron chi connectivity index (χ3n) is 2.45. The first-order valence-corrected chi connectivity index (χ1v) is 5.74. The topological polar surface area (TPSA) is 111 Å². The monoisotopic (exact) mass is 261 g/mol. The number of aryl methyl sites for hydroxylation is 1. The molecule has 0 fully saturated rings. The summed E-state index contributed by atoms with van der Waals surface area (Å²) in [6.07, 6.45) is 3.67. The maximum absolute atomic E-state index is 11.8. The van der Waals surface area contributed by atoms with E-state index in [1.807, 2.05) is 0 Å². The van der Waals surface area contributed by atoms with E-state index in [1.165, 1.54) is 6.20 Å². The first kappa shape index (κ1) is 13.0. The van der Waals surface area contributed by atoms with Crippen LogP contribution in [0.25, 0.3) is 0 Å². The van der Waals surface area contributed by atoms with Gasteiger partial charge in [-0.15, -0.1) is 0 Å². The summed E-state index contributed by atoms with van der Waals surface area (Å²) in [6, 6.07) is 3.28. The minimum absolute atomic E-state index is 0.188. The van der Waals surface area contributed by atoms with Gasteiger partial charge in [0.2, 0.25) is 0 Å². The molecule has 0 aromatic carbocycles. The lowest BCUT2D eigenvalue weighted by atomic mass is 10.2. The smallest absolute Gasteiger partial charge is 0.252 e. The molecular weight excluding hydrogens is 246 g/mol. The molecule has 2 rings (SSSR count). The second-order valence-corrected chi connectivity index (χ2v) is 3.92. The number of carbonyl (C=O) groups excluding carboxylic acids is 1. The molecule has 19 heavy (non-hydrogen) atoms. The van der Waals surface area contributed by atoms with Crippen LogP contribution in [0, 0.1) is 0 Å². The Hall–Kier alpha value is -2.48. The number of hydrogen-bond donors (Lipinski definition) is 3. The highest BCUT2D eigenvalue weighted by Gasteiger charge is 2.06. The van der Waals surface area contributed by atoms with Crippen molar-refractivity contribution in [2.75, 3.05) is 12.0 Å². The van der Waals surface area contributed by atoms with Crippen molar-refractivity contribution in [2.45, 2.75) is 6.42 Å². The van der Waals surface area contributed by atoms with Crippen molar-refractivity contribution in [3.63, 3.8) is 0 Å². The summed E-state index contributed by atoms with van der Waals surface area (Å²) >= 11 is 0. The number of rotatable bonds is 5. The second-order valence-electron chi connectivity index (χ2n) is 3.92. The van der Waals surface area contributed by atoms with Crippen LogP contribution in [0.5, 0.6) is 0 Å². The van der Waals surface area contributed by atoms with Gasteiger partial charge >= 0.3 is 0 Å². The molecule has 0 aliphatic heterocycles. The first-order chi connectivity index (χ1) is 9.19. The lowest BCUT2D eigenvalue weighted by Crippen LogP contribution is -2.26. The van der Waals surface area contributed by atoms with Gasteiger partial charge in [0.15, 0.2) is 5.82 Å². The van der Waals surface area contributed by atoms with Crippen LogP contribution in [-0.4, -0.2) is 32.2 Å². The molecule has 0 aliphatic carbocycles. The summed E-state index contributed by atoms with van der Waals surface area (Å²) in [5, 5.41) is 6.90. The average Bonchev–Trinajstić information content (AvgIpc) is 2.84. The van der Waals surface area contributed by atoms with Crippen molar-refractivity contribution in [3.05, 3.63) is 36.0 Å². The number of hydrogen-bond acceptors (Lipinski definition) is 6. The van der Waals surface area contributed by atoms with E-state index in [9.17, 15) is 4.79 Å². The predicted molar refractivity (Wildman–Crippen MR) is 69.1 cm³/mol. The molecule has 1 amide bonds. The largest absolute Gasteiger partial charge is 0.352 e. The Morgan fingerprint density at radius 2 is 2.26 bits per heavy atom. The summed E-state index contributed by atoms with van der Waals surface area (Å²) in [4.78, 5) is 19.8. The predicted octanol–water partition coefficient (Wildman–Crippen LogP) is -0.532. The highest BCUT2D eigenvalue weighted by molar-refractivity contribution is 5.94. The normalized spacial score (nSPS) is 10.2. The van der Waals surface area contributed by atoms with Gasteiger partial charge in [-0.1, -0.05) is 0 Å². The molecule has 0 spiro atoms. The maximum atomic E-state index is 11.8. The highest BCUT2D eigenvalue weighted by atomic mass is 16.1. The molecule has 8 nitrogen and oxygen atoms in total. The summed E-state index contributed by atoms with van der Waals surface area (Å²) in [5.41, 5.74) is 2.88. The Kier molecular flexibility index (Phi) is 4.04. The van der Waals surface area contributed by atoms with E-state index >= 15 is 0 Å². The minimum Gasteiger partial charge on any atom is -0.352 e. The van der Waals surface area contributed by atoms with Gasteiger partial charge in [0.05, 0.1) is 5.56 Å². The molecule has 8 heteroatoms. The Balaban J connectivity index is 1.83. The fraction of sp³-hybridized carbons (Fsp3) is 0.273. The fourth-order valence-corrected chi connectivity index (χ4v) is 1.50. The van der Waals surface area contributed by atoms with E-state index in [0.29, 0.717) is 30.2 Å². The standard InChI is InChI=1S/C11H15N7O/c1-18-7-15-10(17-18)4-5-13-11(19)8-2-3-9(16-12)14-6-8/h2-3,6-7H,4-5,12H2,1H3,(H,13,19)(H,14,16). The van der Waals surface area contributed by atoms with Gasteiger partial charge in [-0.25, -0.2) is 15.8 Å². The number of pyridine rings is 1. The number of anilines is 1. The van der Waals surface area contributed by atoms with Crippen LogP contribution in [-0.2, 0) is 13.5 Å². The maximum Gasteiger partial charge on any atom is 0.252 e. The van der Waals surface area contributed by atoms with Crippen LogP contribution in [0.1, 0.15) is 16.2 Å². The van der Waals surface area contributed by atoms with Crippen molar-refractivity contribution in [1.82, 2.24) is 25.1 Å². The van der Waals surface area contributed by atoms with Crippen LogP contribution >= 0.6 is 0 Å². The van der Waals surface area contributed by atoms with E-state index < -0.39 is 0 Å². The summed E-state index contributed by atoms with van der Waals surface area (Å²) in [5.74, 6) is 6.21. The van der Waals surface area contributed by atoms with Crippen molar-refractivity contribution >= 4 is 11.7 Å². The van der Waals surface area contributed by atoms with Gasteiger partial charge < -0.3 is 10.7 Å². The van der Waals surface area contributed by atoms with Crippen LogP contribution in [0.15, 0.2) is 24.7 Å². The van der Waals surface area contributed by atoms with Crippen molar-refractivity contribution in [3.8, 4) is 0 Å². The average molecular weight is 261 g/mol. The Morgan fingerprint density at radius 1 is 1.42 bits per heavy atom. The molecule has 0 saturated heterocycles. The molecule has 4 N–H and O–H groups in total. The molecule has 100 valence electrons. The molecule has 0 atom stereocenters. The zero-order valence-electron chi connectivity index (χ0n) is 10.5. The van der Waals surface area contributed by atoms with Gasteiger partial charge in [-0.2, -0.15) is 5.10 Å². The third-order valence-corrected chi connectivity index (χ3v) is 2.45. The zero-order valence-corrected chi connectivity index (χ0v) is 10.5. The van der Waals surface area contributed by atoms with Gasteiger partial charge in [0, 0.05) is 26.2 Å². The Labute approximate surface area is 110 Å². The Bertz CT molecular complexity index is 548. The van der Waals surface area contributed by atoms with Crippen LogP contribution in [0.2, 0.25) is 0 Å². The number of amides is 1. The van der Waals surface area contributed by atoms with Gasteiger partial charge in [0.1, 0.15) is 12.1 Å². The minimum atomic E-state index is -0.188. The number of carbonyl (C=O) groups is 1. The number of hydrazine groups is 1. The number of nitrogens with one attached hydrogen (secondary N) is 2. The third kappa shape index (κ3) is 3.49. The quantitative estimate of drug-likeness (QED) is 0.493. The van der Waals surface area contributed by atoms with Gasteiger partial charge in [0.25, 0.3) is 5.91 Å². The van der Waals surface area contributed by atoms with Crippen molar-refractivity contribution in [2.24, 2.45) is 12.9 Å². The molecule has 0 radical (unpaired) electrons. The highest BCUT2D eigenvalue weighted by Crippen LogP contribution is 2.03. The Morgan fingerprint density at radius 3 is 2.84 bits per heavy atom. The molecule has 2 aromatic rings. The second kappa shape index (κ2) is 5.91. The summed E-state index contributed by atoms with van der Waals surface area (Å²) in [7, 11) is 1.80. The molecule has 0 aliphatic rings. The molecule has 2 heterocycles. The zero-order chi connectivity index (χ0) is 13.7. The van der Waals surface area contributed by atoms with E-state index in [4.69, 9.17) is 5.84 Å². The molecular formula is C11H15N7O. The van der Waals surface area contributed by atoms with Crippen LogP contribution < -0.4 is 16.6 Å². The SMILES string of the molecule is Cn1cnc(CCNC(=O)c2ccc(NN)nc2)n1. The van der Waals surface area contributed by atoms with Crippen molar-refractivity contribution in [1.29, 1.82) is 0 Å².